The number of anilines is 1. The van der Waals surface area contributed by atoms with Crippen molar-refractivity contribution >= 4 is 22.4 Å². The van der Waals surface area contributed by atoms with Crippen LogP contribution in [0.3, 0.4) is 0 Å². The number of hydrogen-bond acceptors (Lipinski definition) is 3. The molecule has 0 aliphatic carbocycles. The molecule has 1 aromatic heterocycles. The highest BCUT2D eigenvalue weighted by Gasteiger charge is 2.14. The van der Waals surface area contributed by atoms with Gasteiger partial charge in [0.25, 0.3) is 0 Å². The summed E-state index contributed by atoms with van der Waals surface area (Å²) in [6.45, 7) is 3.66. The molecule has 21 heavy (non-hydrogen) atoms. The zero-order valence-electron chi connectivity index (χ0n) is 12.0. The number of hydrogen-bond donors (Lipinski definition) is 1. The second kappa shape index (κ2) is 5.40. The number of benzene rings is 2. The Morgan fingerprint density at radius 3 is 2.67 bits per heavy atom. The molecule has 3 rings (SSSR count). The number of aromatic nitrogens is 1. The van der Waals surface area contributed by atoms with E-state index in [2.05, 4.69) is 10.5 Å². The first-order chi connectivity index (χ1) is 10.1. The molecule has 0 saturated carbocycles. The number of carbonyl (C=O) groups excluding carboxylic acids is 1. The molecule has 1 N–H and O–H groups in total. The van der Waals surface area contributed by atoms with Crippen LogP contribution < -0.4 is 5.32 Å². The molecule has 0 atom stereocenters. The van der Waals surface area contributed by atoms with Gasteiger partial charge < -0.3 is 9.84 Å². The summed E-state index contributed by atoms with van der Waals surface area (Å²) in [5.74, 6) is 0.626. The third-order valence-electron chi connectivity index (χ3n) is 3.58. The van der Waals surface area contributed by atoms with Crippen molar-refractivity contribution in [1.29, 1.82) is 0 Å². The minimum atomic E-state index is -0.0687. The second-order valence-electron chi connectivity index (χ2n) is 5.05. The number of nitrogens with one attached hydrogen (secondary N) is 1. The standard InChI is InChI=1S/C17H16N2O2/c1-11-15(12(2)21-19-11)10-17(20)18-16-9-5-7-13-6-3-4-8-14(13)16/h3-9H,10H2,1-2H3,(H,18,20). The molecule has 1 amide bonds. The van der Waals surface area contributed by atoms with E-state index in [1.54, 1.807) is 0 Å². The van der Waals surface area contributed by atoms with Gasteiger partial charge in [-0.3, -0.25) is 4.79 Å². The smallest absolute Gasteiger partial charge is 0.229 e. The minimum Gasteiger partial charge on any atom is -0.361 e. The van der Waals surface area contributed by atoms with Gasteiger partial charge in [-0.05, 0) is 25.3 Å². The largest absolute Gasteiger partial charge is 0.361 e. The van der Waals surface area contributed by atoms with Gasteiger partial charge in [-0.2, -0.15) is 0 Å². The lowest BCUT2D eigenvalue weighted by Gasteiger charge is -2.08. The lowest BCUT2D eigenvalue weighted by molar-refractivity contribution is -0.115. The van der Waals surface area contributed by atoms with Crippen molar-refractivity contribution in [2.75, 3.05) is 5.32 Å². The van der Waals surface area contributed by atoms with Gasteiger partial charge in [-0.25, -0.2) is 0 Å². The molecule has 0 bridgehead atoms. The molecular weight excluding hydrogens is 264 g/mol. The Hall–Kier alpha value is -2.62. The first kappa shape index (κ1) is 13.4. The van der Waals surface area contributed by atoms with Crippen LogP contribution in [0.1, 0.15) is 17.0 Å². The summed E-state index contributed by atoms with van der Waals surface area (Å²) in [5.41, 5.74) is 2.44. The van der Waals surface area contributed by atoms with E-state index in [9.17, 15) is 4.79 Å². The first-order valence-electron chi connectivity index (χ1n) is 6.84. The van der Waals surface area contributed by atoms with Crippen LogP contribution in [0.25, 0.3) is 10.8 Å². The molecule has 0 aliphatic heterocycles. The molecule has 0 unspecified atom stereocenters. The van der Waals surface area contributed by atoms with E-state index in [0.717, 1.165) is 27.7 Å². The third kappa shape index (κ3) is 2.65. The van der Waals surface area contributed by atoms with Crippen LogP contribution in [0.4, 0.5) is 5.69 Å². The molecule has 106 valence electrons. The molecule has 0 spiro atoms. The van der Waals surface area contributed by atoms with E-state index in [-0.39, 0.29) is 12.3 Å². The number of amides is 1. The second-order valence-corrected chi connectivity index (χ2v) is 5.05. The predicted octanol–water partition coefficient (Wildman–Crippen LogP) is 3.63. The average molecular weight is 280 g/mol. The molecule has 0 aliphatic rings. The highest BCUT2D eigenvalue weighted by atomic mass is 16.5. The zero-order valence-corrected chi connectivity index (χ0v) is 12.0. The van der Waals surface area contributed by atoms with Crippen molar-refractivity contribution in [3.8, 4) is 0 Å². The molecule has 3 aromatic rings. The molecular formula is C17H16N2O2. The fourth-order valence-corrected chi connectivity index (χ4v) is 2.44. The molecule has 4 heteroatoms. The highest BCUT2D eigenvalue weighted by molar-refractivity contribution is 6.02. The van der Waals surface area contributed by atoms with E-state index in [0.29, 0.717) is 5.76 Å². The van der Waals surface area contributed by atoms with Crippen molar-refractivity contribution in [2.45, 2.75) is 20.3 Å². The summed E-state index contributed by atoms with van der Waals surface area (Å²) in [5, 5.41) is 8.98. The maximum absolute atomic E-state index is 12.2. The Labute approximate surface area is 122 Å². The minimum absolute atomic E-state index is 0.0687. The number of aryl methyl sites for hydroxylation is 2. The zero-order chi connectivity index (χ0) is 14.8. The van der Waals surface area contributed by atoms with Gasteiger partial charge in [0.05, 0.1) is 12.1 Å². The summed E-state index contributed by atoms with van der Waals surface area (Å²) in [6, 6.07) is 13.9. The summed E-state index contributed by atoms with van der Waals surface area (Å²) < 4.78 is 5.09. The van der Waals surface area contributed by atoms with Crippen molar-refractivity contribution in [1.82, 2.24) is 5.16 Å². The van der Waals surface area contributed by atoms with Crippen molar-refractivity contribution < 1.29 is 9.32 Å². The quantitative estimate of drug-likeness (QED) is 0.797. The maximum Gasteiger partial charge on any atom is 0.229 e. The Balaban J connectivity index is 1.84. The molecule has 0 saturated heterocycles. The van der Waals surface area contributed by atoms with Gasteiger partial charge >= 0.3 is 0 Å². The monoisotopic (exact) mass is 280 g/mol. The number of fused-ring (bicyclic) bond motifs is 1. The van der Waals surface area contributed by atoms with Crippen molar-refractivity contribution in [3.63, 3.8) is 0 Å². The Kier molecular flexibility index (Phi) is 3.44. The maximum atomic E-state index is 12.2. The fourth-order valence-electron chi connectivity index (χ4n) is 2.44. The van der Waals surface area contributed by atoms with Crippen molar-refractivity contribution in [2.24, 2.45) is 0 Å². The lowest BCUT2D eigenvalue weighted by atomic mass is 10.1. The summed E-state index contributed by atoms with van der Waals surface area (Å²) in [7, 11) is 0. The van der Waals surface area contributed by atoms with Gasteiger partial charge in [0.2, 0.25) is 5.91 Å². The van der Waals surface area contributed by atoms with E-state index in [1.165, 1.54) is 0 Å². The van der Waals surface area contributed by atoms with E-state index in [1.807, 2.05) is 56.3 Å². The Morgan fingerprint density at radius 1 is 1.14 bits per heavy atom. The van der Waals surface area contributed by atoms with Gasteiger partial charge in [0, 0.05) is 16.6 Å². The number of nitrogens with zero attached hydrogens (tertiary/aromatic N) is 1. The highest BCUT2D eigenvalue weighted by Crippen LogP contribution is 2.23. The van der Waals surface area contributed by atoms with Gasteiger partial charge in [-0.1, -0.05) is 41.6 Å². The first-order valence-corrected chi connectivity index (χ1v) is 6.84. The number of carbonyl (C=O) groups is 1. The van der Waals surface area contributed by atoms with E-state index in [4.69, 9.17) is 4.52 Å². The SMILES string of the molecule is Cc1noc(C)c1CC(=O)Nc1cccc2ccccc12. The van der Waals surface area contributed by atoms with Gasteiger partial charge in [-0.15, -0.1) is 0 Å². The Morgan fingerprint density at radius 2 is 1.90 bits per heavy atom. The van der Waals surface area contributed by atoms with Crippen LogP contribution in [-0.2, 0) is 11.2 Å². The van der Waals surface area contributed by atoms with Crippen LogP contribution in [0.5, 0.6) is 0 Å². The van der Waals surface area contributed by atoms with Crippen molar-refractivity contribution in [3.05, 3.63) is 59.5 Å². The summed E-state index contributed by atoms with van der Waals surface area (Å²) >= 11 is 0. The van der Waals surface area contributed by atoms with Crippen LogP contribution >= 0.6 is 0 Å². The van der Waals surface area contributed by atoms with Gasteiger partial charge in [0.1, 0.15) is 5.76 Å². The summed E-state index contributed by atoms with van der Waals surface area (Å²) in [4.78, 5) is 12.2. The molecule has 0 fully saturated rings. The third-order valence-corrected chi connectivity index (χ3v) is 3.58. The topological polar surface area (TPSA) is 55.1 Å². The summed E-state index contributed by atoms with van der Waals surface area (Å²) in [6.07, 6.45) is 0.268. The van der Waals surface area contributed by atoms with E-state index >= 15 is 0 Å². The average Bonchev–Trinajstić information content (AvgIpc) is 2.79. The normalized spacial score (nSPS) is 10.8. The molecule has 4 nitrogen and oxygen atoms in total. The Bertz CT molecular complexity index is 781. The fraction of sp³-hybridized carbons (Fsp3) is 0.176. The van der Waals surface area contributed by atoms with Gasteiger partial charge in [0.15, 0.2) is 0 Å². The van der Waals surface area contributed by atoms with Crippen LogP contribution in [-0.4, -0.2) is 11.1 Å². The van der Waals surface area contributed by atoms with Crippen LogP contribution in [0.2, 0.25) is 0 Å². The van der Waals surface area contributed by atoms with E-state index < -0.39 is 0 Å². The van der Waals surface area contributed by atoms with Crippen LogP contribution in [0, 0.1) is 13.8 Å². The number of rotatable bonds is 3. The predicted molar refractivity (Wildman–Crippen MR) is 82.3 cm³/mol. The molecule has 1 heterocycles. The lowest BCUT2D eigenvalue weighted by Crippen LogP contribution is -2.15. The molecule has 0 radical (unpaired) electrons. The molecule has 2 aromatic carbocycles. The van der Waals surface area contributed by atoms with Crippen LogP contribution in [0.15, 0.2) is 47.0 Å².